The van der Waals surface area contributed by atoms with Crippen LogP contribution in [0.15, 0.2) is 53.0 Å². The summed E-state index contributed by atoms with van der Waals surface area (Å²) in [5, 5.41) is 44.5. The number of rotatable bonds is 2. The Kier molecular flexibility index (Phi) is 4.58. The van der Waals surface area contributed by atoms with Gasteiger partial charge >= 0.3 is 5.97 Å². The van der Waals surface area contributed by atoms with Crippen LogP contribution in [0.1, 0.15) is 21.8 Å². The average molecular weight is 482 g/mol. The molecular weight excluding hydrogens is 460 g/mol. The first-order valence-electron chi connectivity index (χ1n) is 10.7. The summed E-state index contributed by atoms with van der Waals surface area (Å²) in [5.41, 5.74) is 0.992. The lowest BCUT2D eigenvalue weighted by atomic mass is 9.53. The van der Waals surface area contributed by atoms with Crippen molar-refractivity contribution in [3.63, 3.8) is 0 Å². The van der Waals surface area contributed by atoms with Crippen molar-refractivity contribution in [3.05, 3.63) is 64.1 Å². The molecule has 182 valence electrons. The number of nitrogens with two attached hydrogens (primary N) is 1. The monoisotopic (exact) mass is 482 g/mol. The zero-order chi connectivity index (χ0) is 25.7. The number of nitrogens with zero attached hydrogens (tertiary/aromatic N) is 1. The summed E-state index contributed by atoms with van der Waals surface area (Å²) in [4.78, 5) is 53.4. The lowest BCUT2D eigenvalue weighted by Gasteiger charge is -2.56. The smallest absolute Gasteiger partial charge is 0.334 e. The van der Waals surface area contributed by atoms with Crippen LogP contribution < -0.4 is 5.73 Å². The Morgan fingerprint density at radius 1 is 1.17 bits per heavy atom. The number of ketones is 2. The minimum atomic E-state index is -2.94. The summed E-state index contributed by atoms with van der Waals surface area (Å²) < 4.78 is 5.60. The lowest BCUT2D eigenvalue weighted by Crippen LogP contribution is -2.70. The molecule has 4 aliphatic rings. The fourth-order valence-corrected chi connectivity index (χ4v) is 6.13. The van der Waals surface area contributed by atoms with Crippen molar-refractivity contribution in [1.82, 2.24) is 4.90 Å². The second-order valence-electron chi connectivity index (χ2n) is 9.39. The van der Waals surface area contributed by atoms with Gasteiger partial charge in [0.05, 0.1) is 17.5 Å². The number of ether oxygens (including phenoxy) is 1. The number of aliphatic hydroxyl groups excluding tert-OH is 2. The lowest BCUT2D eigenvalue weighted by molar-refractivity contribution is -0.183. The molecule has 11 nitrogen and oxygen atoms in total. The maximum atomic E-state index is 13.6. The zero-order valence-electron chi connectivity index (χ0n) is 18.7. The third kappa shape index (κ3) is 2.56. The molecule has 6 atom stereocenters. The van der Waals surface area contributed by atoms with Crippen LogP contribution in [-0.2, 0) is 19.1 Å². The van der Waals surface area contributed by atoms with Gasteiger partial charge in [-0.2, -0.15) is 0 Å². The number of esters is 1. The normalized spacial score (nSPS) is 33.9. The summed E-state index contributed by atoms with van der Waals surface area (Å²) in [6.45, 7) is 3.79. The summed E-state index contributed by atoms with van der Waals surface area (Å²) >= 11 is 0. The van der Waals surface area contributed by atoms with E-state index in [2.05, 4.69) is 6.58 Å². The molecule has 11 heteroatoms. The largest absolute Gasteiger partial charge is 0.510 e. The molecule has 1 amide bonds. The highest BCUT2D eigenvalue weighted by atomic mass is 16.5. The molecule has 0 unspecified atom stereocenters. The number of amides is 1. The van der Waals surface area contributed by atoms with Crippen molar-refractivity contribution in [2.45, 2.75) is 23.7 Å². The number of phenols is 1. The molecule has 1 aliphatic heterocycles. The second kappa shape index (κ2) is 7.03. The maximum Gasteiger partial charge on any atom is 0.334 e. The minimum Gasteiger partial charge on any atom is -0.510 e. The number of carbonyl (C=O) groups is 4. The van der Waals surface area contributed by atoms with Gasteiger partial charge in [-0.05, 0) is 25.7 Å². The van der Waals surface area contributed by atoms with E-state index in [9.17, 15) is 39.6 Å². The van der Waals surface area contributed by atoms with Gasteiger partial charge in [0.15, 0.2) is 11.4 Å². The van der Waals surface area contributed by atoms with Crippen molar-refractivity contribution in [3.8, 4) is 5.75 Å². The first-order valence-corrected chi connectivity index (χ1v) is 10.7. The first kappa shape index (κ1) is 22.8. The van der Waals surface area contributed by atoms with Crippen LogP contribution in [0.25, 0.3) is 0 Å². The summed E-state index contributed by atoms with van der Waals surface area (Å²) in [7, 11) is 2.96. The van der Waals surface area contributed by atoms with E-state index in [0.717, 1.165) is 0 Å². The fourth-order valence-electron chi connectivity index (χ4n) is 6.13. The number of hydrogen-bond acceptors (Lipinski definition) is 10. The predicted molar refractivity (Wildman–Crippen MR) is 117 cm³/mol. The number of hydrogen-bond donors (Lipinski definition) is 5. The van der Waals surface area contributed by atoms with E-state index in [-0.39, 0.29) is 16.7 Å². The van der Waals surface area contributed by atoms with Crippen LogP contribution in [0.5, 0.6) is 5.75 Å². The third-order valence-electron chi connectivity index (χ3n) is 7.51. The molecule has 5 rings (SSSR count). The Morgan fingerprint density at radius 2 is 1.83 bits per heavy atom. The number of fused-ring (bicyclic) bond motifs is 4. The fraction of sp³-hybridized carbons (Fsp3) is 0.333. The highest BCUT2D eigenvalue weighted by molar-refractivity contribution is 6.25. The number of aliphatic hydroxyl groups is 3. The van der Waals surface area contributed by atoms with Gasteiger partial charge in [-0.3, -0.25) is 19.3 Å². The number of aromatic hydroxyl groups is 1. The molecule has 1 fully saturated rings. The van der Waals surface area contributed by atoms with Crippen molar-refractivity contribution in [2.24, 2.45) is 17.6 Å². The predicted octanol–water partition coefficient (Wildman–Crippen LogP) is -0.247. The summed E-state index contributed by atoms with van der Waals surface area (Å²) in [6, 6.07) is 2.95. The second-order valence-corrected chi connectivity index (χ2v) is 9.39. The Bertz CT molecular complexity index is 1340. The van der Waals surface area contributed by atoms with Gasteiger partial charge in [0.1, 0.15) is 28.9 Å². The third-order valence-corrected chi connectivity index (χ3v) is 7.51. The number of Topliss-reactive ketones (excluding diaryl/α,β-unsaturated/α-hetero) is 2. The van der Waals surface area contributed by atoms with E-state index in [1.807, 2.05) is 0 Å². The average Bonchev–Trinajstić information content (AvgIpc) is 2.77. The van der Waals surface area contributed by atoms with E-state index in [1.165, 1.54) is 37.2 Å². The number of likely N-dealkylation sites (N-methyl/N-ethyl adjacent to an activating group) is 1. The number of carbonyl (C=O) groups excluding carboxylic acids is 4. The van der Waals surface area contributed by atoms with Gasteiger partial charge in [-0.25, -0.2) is 4.79 Å². The molecule has 0 spiro atoms. The SMILES string of the molecule is C=C1C(=O)O[C@H]2[C@H]3C(=C(O)[C@]4(O)C(=O)C(C(N)=O)=C(O)[C@@H](N(C)C)[C@H]24)C(=O)c2c(O)cccc2[C@H]13. The molecule has 3 aliphatic carbocycles. The van der Waals surface area contributed by atoms with Gasteiger partial charge < -0.3 is 30.9 Å². The Labute approximate surface area is 198 Å². The zero-order valence-corrected chi connectivity index (χ0v) is 18.7. The molecule has 6 N–H and O–H groups in total. The van der Waals surface area contributed by atoms with Crippen molar-refractivity contribution in [2.75, 3.05) is 14.1 Å². The van der Waals surface area contributed by atoms with Crippen LogP contribution in [0.4, 0.5) is 0 Å². The van der Waals surface area contributed by atoms with Crippen molar-refractivity contribution < 1.29 is 44.3 Å². The summed E-state index contributed by atoms with van der Waals surface area (Å²) in [5.74, 6) is -10.3. The van der Waals surface area contributed by atoms with Gasteiger partial charge in [-0.1, -0.05) is 18.7 Å². The molecule has 1 aromatic rings. The molecular formula is C24H22N2O9. The molecule has 1 heterocycles. The maximum absolute atomic E-state index is 13.6. The minimum absolute atomic E-state index is 0.0533. The van der Waals surface area contributed by atoms with Crippen LogP contribution in [0.2, 0.25) is 0 Å². The molecule has 0 bridgehead atoms. The molecule has 0 radical (unpaired) electrons. The van der Waals surface area contributed by atoms with Gasteiger partial charge in [-0.15, -0.1) is 0 Å². The van der Waals surface area contributed by atoms with Gasteiger partial charge in [0.25, 0.3) is 5.91 Å². The van der Waals surface area contributed by atoms with E-state index in [4.69, 9.17) is 10.5 Å². The standard InChI is InChI=1S/C24H22N2O9/c1-7-10-8-5-4-6-9(27)11(8)17(28)13-12(10)19(35-23(7)33)15-16(26(2)3)18(29)14(22(25)32)21(31)24(15,34)20(13)30/h4-6,10,12,15-16,19,27,29-30,34H,1H2,2-3H3,(H2,25,32)/t10-,12+,15+,16-,19-,24-/m0/s1. The van der Waals surface area contributed by atoms with E-state index < -0.39 is 87.4 Å². The molecule has 1 aromatic carbocycles. The molecule has 1 saturated heterocycles. The quantitative estimate of drug-likeness (QED) is 0.214. The van der Waals surface area contributed by atoms with Crippen LogP contribution in [0.3, 0.4) is 0 Å². The number of benzene rings is 1. The Morgan fingerprint density at radius 3 is 2.43 bits per heavy atom. The van der Waals surface area contributed by atoms with Crippen LogP contribution in [0, 0.1) is 11.8 Å². The Balaban J connectivity index is 1.89. The number of phenolic OH excluding ortho intramolecular Hbond substituents is 1. The van der Waals surface area contributed by atoms with E-state index >= 15 is 0 Å². The first-order chi connectivity index (χ1) is 16.3. The highest BCUT2D eigenvalue weighted by Crippen LogP contribution is 2.59. The molecule has 35 heavy (non-hydrogen) atoms. The molecule has 0 aromatic heterocycles. The van der Waals surface area contributed by atoms with Gasteiger partial charge in [0.2, 0.25) is 5.78 Å². The van der Waals surface area contributed by atoms with Crippen LogP contribution in [-0.4, -0.2) is 80.6 Å². The Hall–Kier alpha value is -3.96. The van der Waals surface area contributed by atoms with Crippen LogP contribution >= 0.6 is 0 Å². The summed E-state index contributed by atoms with van der Waals surface area (Å²) in [6.07, 6.45) is -1.40. The van der Waals surface area contributed by atoms with Crippen molar-refractivity contribution >= 4 is 23.4 Å². The topological polar surface area (TPSA) is 188 Å². The highest BCUT2D eigenvalue weighted by Gasteiger charge is 2.70. The van der Waals surface area contributed by atoms with E-state index in [1.54, 1.807) is 0 Å². The molecule has 0 saturated carbocycles. The van der Waals surface area contributed by atoms with E-state index in [0.29, 0.717) is 0 Å². The van der Waals surface area contributed by atoms with Crippen molar-refractivity contribution in [1.29, 1.82) is 0 Å². The number of primary amides is 1. The van der Waals surface area contributed by atoms with Gasteiger partial charge in [0, 0.05) is 23.0 Å².